The predicted molar refractivity (Wildman–Crippen MR) is 108 cm³/mol. The van der Waals surface area contributed by atoms with Gasteiger partial charge in [-0.25, -0.2) is 0 Å². The molecule has 0 aliphatic rings. The van der Waals surface area contributed by atoms with Crippen LogP contribution in [-0.4, -0.2) is 9.97 Å². The van der Waals surface area contributed by atoms with Crippen LogP contribution in [0, 0.1) is 0 Å². The Morgan fingerprint density at radius 3 is 1.26 bits per heavy atom. The zero-order valence-electron chi connectivity index (χ0n) is 14.4. The fraction of sp³-hybridized carbons (Fsp3) is 0. The van der Waals surface area contributed by atoms with Gasteiger partial charge in [-0.3, -0.25) is 9.97 Å². The van der Waals surface area contributed by atoms with E-state index >= 15 is 0 Å². The van der Waals surface area contributed by atoms with E-state index in [4.69, 9.17) is 9.97 Å². The summed E-state index contributed by atoms with van der Waals surface area (Å²) in [6, 6.07) is 29.3. The van der Waals surface area contributed by atoms with E-state index in [0.717, 1.165) is 32.9 Å². The average molecular weight is 396 g/mol. The zero-order chi connectivity index (χ0) is 17.3. The third-order valence-electron chi connectivity index (χ3n) is 4.72. The van der Waals surface area contributed by atoms with Gasteiger partial charge in [0.1, 0.15) is 0 Å². The van der Waals surface area contributed by atoms with Crippen LogP contribution in [0.4, 0.5) is 0 Å². The Hall–Kier alpha value is -3.00. The molecule has 0 spiro atoms. The van der Waals surface area contributed by atoms with Crippen LogP contribution in [0.3, 0.4) is 0 Å². The van der Waals surface area contributed by atoms with Gasteiger partial charge in [-0.15, -0.1) is 0 Å². The molecular formula is C24H16CuN2+. The second kappa shape index (κ2) is 7.32. The van der Waals surface area contributed by atoms with E-state index in [9.17, 15) is 0 Å². The fourth-order valence-corrected chi connectivity index (χ4v) is 3.37. The molecule has 0 amide bonds. The third-order valence-corrected chi connectivity index (χ3v) is 4.72. The summed E-state index contributed by atoms with van der Waals surface area (Å²) >= 11 is 0. The van der Waals surface area contributed by atoms with Crippen molar-refractivity contribution in [2.45, 2.75) is 0 Å². The first-order chi connectivity index (χ1) is 12.9. The Bertz CT molecular complexity index is 1120. The summed E-state index contributed by atoms with van der Waals surface area (Å²) in [5.41, 5.74) is 6.49. The Morgan fingerprint density at radius 1 is 0.444 bits per heavy atom. The molecule has 0 aliphatic carbocycles. The average Bonchev–Trinajstić information content (AvgIpc) is 2.74. The molecule has 2 aromatic heterocycles. The molecule has 0 fully saturated rings. The van der Waals surface area contributed by atoms with Crippen LogP contribution < -0.4 is 0 Å². The maximum Gasteiger partial charge on any atom is 1.00 e. The molecule has 0 atom stereocenters. The first-order valence-corrected chi connectivity index (χ1v) is 8.68. The summed E-state index contributed by atoms with van der Waals surface area (Å²) in [6.45, 7) is 0. The van der Waals surface area contributed by atoms with E-state index in [0.29, 0.717) is 0 Å². The van der Waals surface area contributed by atoms with Crippen LogP contribution in [0.5, 0.6) is 0 Å². The molecule has 5 rings (SSSR count). The number of hydrogen-bond donors (Lipinski definition) is 0. The van der Waals surface area contributed by atoms with Crippen molar-refractivity contribution in [3.63, 3.8) is 0 Å². The van der Waals surface area contributed by atoms with Gasteiger partial charge in [0.15, 0.2) is 0 Å². The zero-order valence-corrected chi connectivity index (χ0v) is 15.4. The quantitative estimate of drug-likeness (QED) is 0.266. The molecule has 27 heavy (non-hydrogen) atoms. The summed E-state index contributed by atoms with van der Waals surface area (Å²) in [7, 11) is 0. The van der Waals surface area contributed by atoms with Crippen LogP contribution in [0.2, 0.25) is 0 Å². The predicted octanol–water partition coefficient (Wildman–Crippen LogP) is 6.11. The summed E-state index contributed by atoms with van der Waals surface area (Å²) in [6.07, 6.45) is 3.87. The number of benzene rings is 3. The molecule has 2 heterocycles. The van der Waals surface area contributed by atoms with Gasteiger partial charge in [-0.2, -0.15) is 0 Å². The minimum Gasteiger partial charge on any atom is -0.253 e. The van der Waals surface area contributed by atoms with E-state index in [2.05, 4.69) is 48.5 Å². The molecular weight excluding hydrogens is 380 g/mol. The van der Waals surface area contributed by atoms with Gasteiger partial charge < -0.3 is 0 Å². The largest absolute Gasteiger partial charge is 1.00 e. The van der Waals surface area contributed by atoms with Crippen molar-refractivity contribution >= 4 is 21.8 Å². The summed E-state index contributed by atoms with van der Waals surface area (Å²) in [4.78, 5) is 9.45. The van der Waals surface area contributed by atoms with E-state index in [1.807, 2.05) is 48.8 Å². The summed E-state index contributed by atoms with van der Waals surface area (Å²) in [5, 5.41) is 2.22. The molecule has 3 heteroatoms. The number of pyridine rings is 2. The maximum atomic E-state index is 4.73. The number of rotatable bonds is 2. The minimum absolute atomic E-state index is 0. The van der Waals surface area contributed by atoms with Crippen LogP contribution >= 0.6 is 0 Å². The Labute approximate surface area is 168 Å². The molecule has 0 bridgehead atoms. The third kappa shape index (κ3) is 3.23. The van der Waals surface area contributed by atoms with Gasteiger partial charge >= 0.3 is 17.1 Å². The number of aromatic nitrogens is 2. The molecule has 5 aromatic rings. The van der Waals surface area contributed by atoms with Crippen LogP contribution in [0.15, 0.2) is 97.3 Å². The van der Waals surface area contributed by atoms with Gasteiger partial charge in [-0.1, -0.05) is 72.8 Å². The van der Waals surface area contributed by atoms with Crippen molar-refractivity contribution < 1.29 is 17.1 Å². The van der Waals surface area contributed by atoms with Gasteiger partial charge in [0.2, 0.25) is 0 Å². The molecule has 0 saturated heterocycles. The second-order valence-corrected chi connectivity index (χ2v) is 6.39. The Kier molecular flexibility index (Phi) is 4.72. The van der Waals surface area contributed by atoms with Gasteiger partial charge in [0.05, 0.1) is 11.0 Å². The summed E-state index contributed by atoms with van der Waals surface area (Å²) in [5.74, 6) is 0. The van der Waals surface area contributed by atoms with Crippen molar-refractivity contribution in [1.29, 1.82) is 0 Å². The topological polar surface area (TPSA) is 25.8 Å². The Morgan fingerprint density at radius 2 is 0.852 bits per heavy atom. The number of nitrogens with zero attached hydrogens (tertiary/aromatic N) is 2. The smallest absolute Gasteiger partial charge is 0.253 e. The van der Waals surface area contributed by atoms with Gasteiger partial charge in [-0.05, 0) is 23.3 Å². The van der Waals surface area contributed by atoms with Crippen molar-refractivity contribution in [2.24, 2.45) is 0 Å². The normalized spacial score (nSPS) is 10.7. The fourth-order valence-electron chi connectivity index (χ4n) is 3.37. The molecule has 0 aliphatic heterocycles. The maximum absolute atomic E-state index is 4.73. The van der Waals surface area contributed by atoms with Crippen molar-refractivity contribution in [3.05, 3.63) is 97.3 Å². The van der Waals surface area contributed by atoms with Crippen molar-refractivity contribution in [3.8, 4) is 22.3 Å². The number of hydrogen-bond acceptors (Lipinski definition) is 2. The van der Waals surface area contributed by atoms with Crippen LogP contribution in [-0.2, 0) is 17.1 Å². The molecule has 0 saturated carbocycles. The van der Waals surface area contributed by atoms with Crippen molar-refractivity contribution in [1.82, 2.24) is 9.97 Å². The monoisotopic (exact) mass is 395 g/mol. The second-order valence-electron chi connectivity index (χ2n) is 6.39. The van der Waals surface area contributed by atoms with E-state index in [1.165, 1.54) is 11.1 Å². The minimum atomic E-state index is 0. The first-order valence-electron chi connectivity index (χ1n) is 8.68. The molecule has 0 N–H and O–H groups in total. The molecule has 0 unspecified atom stereocenters. The number of fused-ring (bicyclic) bond motifs is 3. The van der Waals surface area contributed by atoms with Crippen molar-refractivity contribution in [2.75, 3.05) is 0 Å². The van der Waals surface area contributed by atoms with E-state index < -0.39 is 0 Å². The molecule has 0 radical (unpaired) electrons. The molecule has 3 aromatic carbocycles. The Balaban J connectivity index is 0.00000180. The first kappa shape index (κ1) is 17.4. The van der Waals surface area contributed by atoms with Crippen LogP contribution in [0.25, 0.3) is 44.1 Å². The molecule has 2 nitrogen and oxygen atoms in total. The molecule has 132 valence electrons. The SMILES string of the molecule is [Cu+].c1ccc(-c2cnc3c(ccc4cc(-c5ccccc5)cnc43)c2)cc1. The van der Waals surface area contributed by atoms with E-state index in [1.54, 1.807) is 0 Å². The van der Waals surface area contributed by atoms with Crippen LogP contribution in [0.1, 0.15) is 0 Å². The van der Waals surface area contributed by atoms with Gasteiger partial charge in [0.25, 0.3) is 0 Å². The standard InChI is InChI=1S/C24H16N2.Cu/c1-3-7-17(8-4-1)21-13-19-11-12-20-14-22(18-9-5-2-6-10-18)16-26-24(20)23(19)25-15-21;/h1-16H;/q;+1. The summed E-state index contributed by atoms with van der Waals surface area (Å²) < 4.78 is 0. The van der Waals surface area contributed by atoms with E-state index in [-0.39, 0.29) is 17.1 Å². The van der Waals surface area contributed by atoms with Gasteiger partial charge in [0, 0.05) is 34.3 Å².